The summed E-state index contributed by atoms with van der Waals surface area (Å²) in [5, 5.41) is 0.365. The van der Waals surface area contributed by atoms with Gasteiger partial charge in [-0.2, -0.15) is 0 Å². The van der Waals surface area contributed by atoms with Crippen molar-refractivity contribution in [2.24, 2.45) is 0 Å². The van der Waals surface area contributed by atoms with Gasteiger partial charge in [0, 0.05) is 26.6 Å². The van der Waals surface area contributed by atoms with Crippen LogP contribution < -0.4 is 11.2 Å². The Bertz CT molecular complexity index is 1350. The fourth-order valence-corrected chi connectivity index (χ4v) is 4.42. The van der Waals surface area contributed by atoms with Crippen molar-refractivity contribution in [3.63, 3.8) is 0 Å². The minimum absolute atomic E-state index is 0.0484. The first kappa shape index (κ1) is 22.4. The summed E-state index contributed by atoms with van der Waals surface area (Å²) in [6.07, 6.45) is 0.638. The molecule has 0 bridgehead atoms. The number of nitrogens with one attached hydrogen (secondary N) is 1. The highest BCUT2D eigenvalue weighted by atomic mass is 19.1. The third-order valence-corrected chi connectivity index (χ3v) is 6.16. The van der Waals surface area contributed by atoms with Gasteiger partial charge >= 0.3 is 5.69 Å². The standard InChI is InChI=1S/C24H25FN4O4/c1-3-28(17-10-11-27(14-17)15(2)30)23(32)19-12-16(8-9-20(19)25)13-29-21-7-5-4-6-18(21)22(31)26-24(29)33/h4-9,12,17H,3,10-11,13-14H2,1-2H3,(H,26,31,33). The fraction of sp³-hybridized carbons (Fsp3) is 0.333. The molecule has 4 rings (SSSR count). The quantitative estimate of drug-likeness (QED) is 0.640. The van der Waals surface area contributed by atoms with Crippen molar-refractivity contribution in [1.82, 2.24) is 19.4 Å². The molecule has 8 nitrogen and oxygen atoms in total. The highest BCUT2D eigenvalue weighted by molar-refractivity contribution is 5.95. The van der Waals surface area contributed by atoms with Crippen LogP contribution in [0.1, 0.15) is 36.2 Å². The molecule has 2 aromatic carbocycles. The van der Waals surface area contributed by atoms with E-state index >= 15 is 0 Å². The van der Waals surface area contributed by atoms with Crippen LogP contribution in [0, 0.1) is 5.82 Å². The van der Waals surface area contributed by atoms with Gasteiger partial charge in [-0.1, -0.05) is 18.2 Å². The van der Waals surface area contributed by atoms with Crippen molar-refractivity contribution in [2.75, 3.05) is 19.6 Å². The zero-order valence-electron chi connectivity index (χ0n) is 18.5. The summed E-state index contributed by atoms with van der Waals surface area (Å²) in [5.41, 5.74) is -0.142. The van der Waals surface area contributed by atoms with Crippen LogP contribution in [-0.2, 0) is 11.3 Å². The first-order valence-electron chi connectivity index (χ1n) is 10.9. The zero-order chi connectivity index (χ0) is 23.7. The highest BCUT2D eigenvalue weighted by Gasteiger charge is 2.32. The molecule has 1 aliphatic heterocycles. The van der Waals surface area contributed by atoms with Gasteiger partial charge in [0.1, 0.15) is 5.82 Å². The highest BCUT2D eigenvalue weighted by Crippen LogP contribution is 2.21. The second-order valence-electron chi connectivity index (χ2n) is 8.18. The number of aromatic amines is 1. The Balaban J connectivity index is 1.66. The minimum atomic E-state index is -0.651. The molecule has 0 aliphatic carbocycles. The molecule has 1 aromatic heterocycles. The van der Waals surface area contributed by atoms with E-state index in [-0.39, 0.29) is 24.1 Å². The lowest BCUT2D eigenvalue weighted by atomic mass is 10.1. The lowest BCUT2D eigenvalue weighted by molar-refractivity contribution is -0.127. The van der Waals surface area contributed by atoms with Crippen molar-refractivity contribution >= 4 is 22.7 Å². The second-order valence-corrected chi connectivity index (χ2v) is 8.18. The van der Waals surface area contributed by atoms with E-state index in [2.05, 4.69) is 4.98 Å². The van der Waals surface area contributed by atoms with Crippen molar-refractivity contribution in [1.29, 1.82) is 0 Å². The van der Waals surface area contributed by atoms with E-state index in [0.29, 0.717) is 42.5 Å². The molecule has 1 atom stereocenters. The number of carbonyl (C=O) groups excluding carboxylic acids is 2. The van der Waals surface area contributed by atoms with Crippen LogP contribution in [-0.4, -0.2) is 56.8 Å². The second kappa shape index (κ2) is 9.01. The number of likely N-dealkylation sites (N-methyl/N-ethyl adjacent to an activating group) is 1. The molecule has 2 heterocycles. The lowest BCUT2D eigenvalue weighted by Crippen LogP contribution is -2.42. The van der Waals surface area contributed by atoms with Gasteiger partial charge in [-0.3, -0.25) is 23.9 Å². The number of halogens is 1. The number of nitrogens with zero attached hydrogens (tertiary/aromatic N) is 3. The van der Waals surface area contributed by atoms with Crippen LogP contribution in [0.3, 0.4) is 0 Å². The molecule has 172 valence electrons. The minimum Gasteiger partial charge on any atom is -0.341 e. The molecule has 1 fully saturated rings. The van der Waals surface area contributed by atoms with Crippen LogP contribution in [0.4, 0.5) is 4.39 Å². The van der Waals surface area contributed by atoms with E-state index in [1.807, 2.05) is 6.92 Å². The summed E-state index contributed by atoms with van der Waals surface area (Å²) in [6, 6.07) is 10.7. The SMILES string of the molecule is CCN(C(=O)c1cc(Cn2c(=O)[nH]c(=O)c3ccccc32)ccc1F)C1CCN(C(C)=O)C1. The summed E-state index contributed by atoms with van der Waals surface area (Å²) < 4.78 is 16.1. The third-order valence-electron chi connectivity index (χ3n) is 6.16. The molecule has 0 radical (unpaired) electrons. The maximum Gasteiger partial charge on any atom is 0.329 e. The summed E-state index contributed by atoms with van der Waals surface area (Å²) in [5.74, 6) is -1.15. The van der Waals surface area contributed by atoms with Crippen LogP contribution in [0.15, 0.2) is 52.1 Å². The Kier molecular flexibility index (Phi) is 6.13. The first-order chi connectivity index (χ1) is 15.8. The predicted molar refractivity (Wildman–Crippen MR) is 122 cm³/mol. The molecule has 3 aromatic rings. The Morgan fingerprint density at radius 1 is 1.18 bits per heavy atom. The number of H-pyrrole nitrogens is 1. The van der Waals surface area contributed by atoms with Crippen molar-refractivity contribution < 1.29 is 14.0 Å². The number of fused-ring (bicyclic) bond motifs is 1. The van der Waals surface area contributed by atoms with Gasteiger partial charge in [-0.25, -0.2) is 9.18 Å². The van der Waals surface area contributed by atoms with Crippen LogP contribution in [0.25, 0.3) is 10.9 Å². The molecular weight excluding hydrogens is 427 g/mol. The van der Waals surface area contributed by atoms with Crippen LogP contribution in [0.2, 0.25) is 0 Å². The normalized spacial score (nSPS) is 15.7. The van der Waals surface area contributed by atoms with E-state index in [1.165, 1.54) is 29.7 Å². The van der Waals surface area contributed by atoms with E-state index in [0.717, 1.165) is 0 Å². The number of aromatic nitrogens is 2. The maximum atomic E-state index is 14.7. The summed E-state index contributed by atoms with van der Waals surface area (Å²) in [4.78, 5) is 55.1. The van der Waals surface area contributed by atoms with E-state index in [4.69, 9.17) is 0 Å². The summed E-state index contributed by atoms with van der Waals surface area (Å²) >= 11 is 0. The van der Waals surface area contributed by atoms with Gasteiger partial charge in [0.2, 0.25) is 5.91 Å². The van der Waals surface area contributed by atoms with E-state index < -0.39 is 23.0 Å². The van der Waals surface area contributed by atoms with Gasteiger partial charge < -0.3 is 9.80 Å². The number of para-hydroxylation sites is 1. The Labute approximate surface area is 189 Å². The largest absolute Gasteiger partial charge is 0.341 e. The van der Waals surface area contributed by atoms with Crippen molar-refractivity contribution in [2.45, 2.75) is 32.9 Å². The topological polar surface area (TPSA) is 95.5 Å². The lowest BCUT2D eigenvalue weighted by Gasteiger charge is -2.28. The molecule has 1 saturated heterocycles. The van der Waals surface area contributed by atoms with E-state index in [1.54, 1.807) is 34.1 Å². The summed E-state index contributed by atoms with van der Waals surface area (Å²) in [7, 11) is 0. The molecule has 2 amide bonds. The average molecular weight is 452 g/mol. The van der Waals surface area contributed by atoms with Crippen LogP contribution in [0.5, 0.6) is 0 Å². The molecule has 0 saturated carbocycles. The number of amides is 2. The molecule has 0 spiro atoms. The smallest absolute Gasteiger partial charge is 0.329 e. The maximum absolute atomic E-state index is 14.7. The Hall–Kier alpha value is -3.75. The van der Waals surface area contributed by atoms with Crippen molar-refractivity contribution in [3.05, 3.63) is 80.2 Å². The molecule has 1 aliphatic rings. The van der Waals surface area contributed by atoms with Gasteiger partial charge in [0.25, 0.3) is 11.5 Å². The number of benzene rings is 2. The third kappa shape index (κ3) is 4.30. The molecular formula is C24H25FN4O4. The number of hydrogen-bond acceptors (Lipinski definition) is 4. The van der Waals surface area contributed by atoms with Gasteiger partial charge in [-0.05, 0) is 43.2 Å². The Morgan fingerprint density at radius 3 is 2.64 bits per heavy atom. The van der Waals surface area contributed by atoms with Gasteiger partial charge in [0.15, 0.2) is 0 Å². The fourth-order valence-electron chi connectivity index (χ4n) is 4.42. The average Bonchev–Trinajstić information content (AvgIpc) is 3.28. The predicted octanol–water partition coefficient (Wildman–Crippen LogP) is 1.96. The number of rotatable bonds is 5. The zero-order valence-corrected chi connectivity index (χ0v) is 18.5. The molecule has 1 N–H and O–H groups in total. The van der Waals surface area contributed by atoms with Gasteiger partial charge in [-0.15, -0.1) is 0 Å². The number of likely N-dealkylation sites (tertiary alicyclic amines) is 1. The van der Waals surface area contributed by atoms with E-state index in [9.17, 15) is 23.6 Å². The molecule has 1 unspecified atom stereocenters. The van der Waals surface area contributed by atoms with Gasteiger partial charge in [0.05, 0.1) is 29.1 Å². The molecule has 33 heavy (non-hydrogen) atoms. The number of hydrogen-bond donors (Lipinski definition) is 1. The van der Waals surface area contributed by atoms with Crippen molar-refractivity contribution in [3.8, 4) is 0 Å². The monoisotopic (exact) mass is 452 g/mol. The number of carbonyl (C=O) groups is 2. The molecule has 9 heteroatoms. The van der Waals surface area contributed by atoms with Crippen LogP contribution >= 0.6 is 0 Å². The Morgan fingerprint density at radius 2 is 1.94 bits per heavy atom. The first-order valence-corrected chi connectivity index (χ1v) is 10.9. The summed E-state index contributed by atoms with van der Waals surface area (Å²) in [6.45, 7) is 4.74.